The van der Waals surface area contributed by atoms with E-state index in [9.17, 15) is 9.50 Å². The lowest BCUT2D eigenvalue weighted by Crippen LogP contribution is -2.00. The van der Waals surface area contributed by atoms with Crippen molar-refractivity contribution in [3.63, 3.8) is 0 Å². The van der Waals surface area contributed by atoms with Crippen LogP contribution in [0.1, 0.15) is 11.1 Å². The zero-order chi connectivity index (χ0) is 16.9. The minimum atomic E-state index is -0.483. The number of hydrogen-bond acceptors (Lipinski definition) is 4. The summed E-state index contributed by atoms with van der Waals surface area (Å²) in [5.41, 5.74) is 2.14. The van der Waals surface area contributed by atoms with Gasteiger partial charge in [-0.15, -0.1) is 0 Å². The van der Waals surface area contributed by atoms with Crippen LogP contribution >= 0.6 is 0 Å². The lowest BCUT2D eigenvalue weighted by Gasteiger charge is -2.08. The van der Waals surface area contributed by atoms with Crippen molar-refractivity contribution in [2.45, 2.75) is 6.61 Å². The Bertz CT molecular complexity index is 902. The van der Waals surface area contributed by atoms with Crippen molar-refractivity contribution < 1.29 is 14.2 Å². The van der Waals surface area contributed by atoms with E-state index in [1.165, 1.54) is 12.1 Å². The molecule has 0 amide bonds. The monoisotopic (exact) mass is 320 g/mol. The summed E-state index contributed by atoms with van der Waals surface area (Å²) < 4.78 is 19.4. The quantitative estimate of drug-likeness (QED) is 0.788. The second-order valence-corrected chi connectivity index (χ2v) is 5.11. The third-order valence-corrected chi connectivity index (χ3v) is 3.44. The van der Waals surface area contributed by atoms with Crippen LogP contribution in [0.5, 0.6) is 11.6 Å². The number of nitrogens with zero attached hydrogens (tertiary/aromatic N) is 2. The fourth-order valence-corrected chi connectivity index (χ4v) is 2.17. The van der Waals surface area contributed by atoms with Gasteiger partial charge in [-0.1, -0.05) is 12.1 Å². The van der Waals surface area contributed by atoms with Crippen molar-refractivity contribution in [2.75, 3.05) is 0 Å². The Kier molecular flexibility index (Phi) is 4.39. The topological polar surface area (TPSA) is 66.1 Å². The second kappa shape index (κ2) is 6.80. The predicted molar refractivity (Wildman–Crippen MR) is 86.8 cm³/mol. The van der Waals surface area contributed by atoms with Gasteiger partial charge >= 0.3 is 0 Å². The van der Waals surface area contributed by atoms with E-state index >= 15 is 0 Å². The van der Waals surface area contributed by atoms with Crippen molar-refractivity contribution in [3.8, 4) is 29.0 Å². The summed E-state index contributed by atoms with van der Waals surface area (Å²) in [6.07, 6.45) is 0. The molecule has 2 aromatic carbocycles. The molecular weight excluding hydrogens is 307 g/mol. The fourth-order valence-electron chi connectivity index (χ4n) is 2.17. The smallest absolute Gasteiger partial charge is 0.214 e. The van der Waals surface area contributed by atoms with Crippen molar-refractivity contribution >= 4 is 0 Å². The molecule has 0 aliphatic heterocycles. The molecule has 1 aromatic heterocycles. The molecule has 118 valence electrons. The molecule has 0 unspecified atom stereocenters. The molecule has 3 rings (SSSR count). The van der Waals surface area contributed by atoms with E-state index in [1.807, 2.05) is 12.1 Å². The number of pyridine rings is 1. The lowest BCUT2D eigenvalue weighted by atomic mass is 10.1. The summed E-state index contributed by atoms with van der Waals surface area (Å²) in [7, 11) is 0. The average Bonchev–Trinajstić information content (AvgIpc) is 2.61. The summed E-state index contributed by atoms with van der Waals surface area (Å²) >= 11 is 0. The molecule has 24 heavy (non-hydrogen) atoms. The van der Waals surface area contributed by atoms with E-state index in [4.69, 9.17) is 10.00 Å². The minimum Gasteiger partial charge on any atom is -0.508 e. The van der Waals surface area contributed by atoms with Crippen LogP contribution in [0.15, 0.2) is 60.7 Å². The largest absolute Gasteiger partial charge is 0.508 e. The molecular formula is C19H13FN2O2. The molecule has 0 bridgehead atoms. The standard InChI is InChI=1S/C19H13FN2O2/c20-17-10-13(11-21)4-5-15(17)12-24-19-3-1-2-18(22-19)14-6-8-16(23)9-7-14/h1-10,23H,12H2. The molecule has 0 saturated heterocycles. The zero-order valence-corrected chi connectivity index (χ0v) is 12.6. The number of nitriles is 1. The van der Waals surface area contributed by atoms with Crippen LogP contribution < -0.4 is 4.74 Å². The Morgan fingerprint density at radius 1 is 1.08 bits per heavy atom. The molecule has 0 aliphatic carbocycles. The Morgan fingerprint density at radius 2 is 1.88 bits per heavy atom. The first kappa shape index (κ1) is 15.5. The van der Waals surface area contributed by atoms with Gasteiger partial charge in [0.05, 0.1) is 17.3 Å². The molecule has 0 fully saturated rings. The third-order valence-electron chi connectivity index (χ3n) is 3.44. The number of ether oxygens (including phenoxy) is 1. The Labute approximate surface area is 138 Å². The van der Waals surface area contributed by atoms with Crippen LogP contribution in [0, 0.1) is 17.1 Å². The van der Waals surface area contributed by atoms with Crippen molar-refractivity contribution in [1.82, 2.24) is 4.98 Å². The number of phenolic OH excluding ortho intramolecular Hbond substituents is 1. The van der Waals surface area contributed by atoms with Gasteiger partial charge in [-0.25, -0.2) is 9.37 Å². The second-order valence-electron chi connectivity index (χ2n) is 5.11. The van der Waals surface area contributed by atoms with Gasteiger partial charge in [-0.05, 0) is 42.5 Å². The predicted octanol–water partition coefficient (Wildman–Crippen LogP) is 4.04. The normalized spacial score (nSPS) is 10.2. The number of rotatable bonds is 4. The molecule has 0 atom stereocenters. The maximum absolute atomic E-state index is 13.8. The fraction of sp³-hybridized carbons (Fsp3) is 0.0526. The highest BCUT2D eigenvalue weighted by atomic mass is 19.1. The lowest BCUT2D eigenvalue weighted by molar-refractivity contribution is 0.288. The van der Waals surface area contributed by atoms with Crippen LogP contribution in [-0.4, -0.2) is 10.1 Å². The summed E-state index contributed by atoms with van der Waals surface area (Å²) in [6.45, 7) is 0.0174. The van der Waals surface area contributed by atoms with Crippen molar-refractivity contribution in [2.24, 2.45) is 0 Å². The van der Waals surface area contributed by atoms with Crippen LogP contribution in [0.25, 0.3) is 11.3 Å². The Balaban J connectivity index is 1.76. The van der Waals surface area contributed by atoms with Crippen molar-refractivity contribution in [3.05, 3.63) is 77.6 Å². The van der Waals surface area contributed by atoms with Crippen LogP contribution in [0.2, 0.25) is 0 Å². The summed E-state index contributed by atoms with van der Waals surface area (Å²) in [5, 5.41) is 18.1. The molecule has 1 heterocycles. The summed E-state index contributed by atoms with van der Waals surface area (Å²) in [4.78, 5) is 4.37. The van der Waals surface area contributed by atoms with Gasteiger partial charge in [0.2, 0.25) is 5.88 Å². The first-order valence-electron chi connectivity index (χ1n) is 7.23. The number of phenols is 1. The molecule has 5 heteroatoms. The van der Waals surface area contributed by atoms with Gasteiger partial charge in [0.25, 0.3) is 0 Å². The molecule has 0 aliphatic rings. The highest BCUT2D eigenvalue weighted by molar-refractivity contribution is 5.60. The third kappa shape index (κ3) is 3.50. The molecule has 3 aromatic rings. The summed E-state index contributed by atoms with van der Waals surface area (Å²) in [5.74, 6) is 0.0653. The van der Waals surface area contributed by atoms with Gasteiger partial charge in [0, 0.05) is 17.2 Å². The number of halogens is 1. The highest BCUT2D eigenvalue weighted by Crippen LogP contribution is 2.22. The van der Waals surface area contributed by atoms with Gasteiger partial charge in [0.15, 0.2) is 0 Å². The SMILES string of the molecule is N#Cc1ccc(COc2cccc(-c3ccc(O)cc3)n2)c(F)c1. The van der Waals surface area contributed by atoms with E-state index in [0.717, 1.165) is 5.56 Å². The van der Waals surface area contributed by atoms with Crippen LogP contribution in [0.3, 0.4) is 0 Å². The van der Waals surface area contributed by atoms with E-state index < -0.39 is 5.82 Å². The molecule has 1 N–H and O–H groups in total. The Hall–Kier alpha value is -3.39. The first-order chi connectivity index (χ1) is 11.7. The minimum absolute atomic E-state index is 0.0174. The van der Waals surface area contributed by atoms with Crippen LogP contribution in [-0.2, 0) is 6.61 Å². The number of aromatic hydroxyl groups is 1. The highest BCUT2D eigenvalue weighted by Gasteiger charge is 2.06. The molecule has 0 spiro atoms. The van der Waals surface area contributed by atoms with Gasteiger partial charge in [-0.3, -0.25) is 0 Å². The maximum Gasteiger partial charge on any atom is 0.214 e. The summed E-state index contributed by atoms with van der Waals surface area (Å²) in [6, 6.07) is 18.1. The van der Waals surface area contributed by atoms with E-state index in [0.29, 0.717) is 17.1 Å². The van der Waals surface area contributed by atoms with Crippen LogP contribution in [0.4, 0.5) is 4.39 Å². The average molecular weight is 320 g/mol. The molecule has 0 radical (unpaired) electrons. The molecule has 4 nitrogen and oxygen atoms in total. The van der Waals surface area contributed by atoms with E-state index in [1.54, 1.807) is 42.5 Å². The van der Waals surface area contributed by atoms with E-state index in [2.05, 4.69) is 4.98 Å². The number of aromatic nitrogens is 1. The van der Waals surface area contributed by atoms with Crippen molar-refractivity contribution in [1.29, 1.82) is 5.26 Å². The zero-order valence-electron chi connectivity index (χ0n) is 12.6. The number of hydrogen-bond donors (Lipinski definition) is 1. The van der Waals surface area contributed by atoms with Gasteiger partial charge in [-0.2, -0.15) is 5.26 Å². The van der Waals surface area contributed by atoms with Gasteiger partial charge < -0.3 is 9.84 Å². The van der Waals surface area contributed by atoms with E-state index in [-0.39, 0.29) is 17.9 Å². The number of benzene rings is 2. The maximum atomic E-state index is 13.8. The first-order valence-corrected chi connectivity index (χ1v) is 7.23. The molecule has 0 saturated carbocycles. The van der Waals surface area contributed by atoms with Gasteiger partial charge in [0.1, 0.15) is 18.2 Å². The Morgan fingerprint density at radius 3 is 2.58 bits per heavy atom.